The van der Waals surface area contributed by atoms with Crippen molar-refractivity contribution in [1.82, 2.24) is 5.32 Å². The van der Waals surface area contributed by atoms with Crippen molar-refractivity contribution < 1.29 is 4.79 Å². The van der Waals surface area contributed by atoms with Gasteiger partial charge < -0.3 is 5.32 Å². The summed E-state index contributed by atoms with van der Waals surface area (Å²) < 4.78 is 0. The van der Waals surface area contributed by atoms with Gasteiger partial charge in [0.15, 0.2) is 0 Å². The van der Waals surface area contributed by atoms with E-state index in [0.717, 1.165) is 31.0 Å². The zero-order chi connectivity index (χ0) is 9.90. The van der Waals surface area contributed by atoms with Crippen molar-refractivity contribution in [3.05, 3.63) is 0 Å². The number of nitrogens with one attached hydrogen (secondary N) is 1. The predicted molar refractivity (Wildman–Crippen MR) is 58.0 cm³/mol. The first kappa shape index (κ1) is 11.0. The van der Waals surface area contributed by atoms with E-state index in [1.165, 1.54) is 0 Å². The Morgan fingerprint density at radius 1 is 1.46 bits per heavy atom. The molecular weight excluding hydrogens is 230 g/mol. The van der Waals surface area contributed by atoms with Crippen molar-refractivity contribution >= 4 is 21.8 Å². The van der Waals surface area contributed by atoms with Crippen LogP contribution in [0.15, 0.2) is 0 Å². The zero-order valence-electron chi connectivity index (χ0n) is 8.40. The summed E-state index contributed by atoms with van der Waals surface area (Å²) in [5.41, 5.74) is -0.0142. The normalized spacial score (nSPS) is 17.2. The van der Waals surface area contributed by atoms with Gasteiger partial charge in [0.25, 0.3) is 0 Å². The molecule has 76 valence electrons. The maximum absolute atomic E-state index is 11.6. The van der Waals surface area contributed by atoms with Gasteiger partial charge in [-0.25, -0.2) is 0 Å². The average molecular weight is 248 g/mol. The number of carbonyl (C=O) groups excluding carboxylic acids is 1. The van der Waals surface area contributed by atoms with E-state index >= 15 is 0 Å². The molecule has 1 saturated carbocycles. The number of halogens is 1. The maximum atomic E-state index is 11.6. The van der Waals surface area contributed by atoms with Crippen LogP contribution in [0.25, 0.3) is 0 Å². The van der Waals surface area contributed by atoms with Crippen molar-refractivity contribution in [2.45, 2.75) is 45.1 Å². The predicted octanol–water partition coefficient (Wildman–Crippen LogP) is 2.47. The number of alkyl halides is 1. The SMILES string of the molecule is CCC(CC)(CBr)NC(=O)C1CC1. The van der Waals surface area contributed by atoms with Gasteiger partial charge in [-0.2, -0.15) is 0 Å². The summed E-state index contributed by atoms with van der Waals surface area (Å²) in [6.07, 6.45) is 4.15. The first-order valence-corrected chi connectivity index (χ1v) is 6.17. The number of amides is 1. The van der Waals surface area contributed by atoms with Gasteiger partial charge in [-0.3, -0.25) is 4.79 Å². The van der Waals surface area contributed by atoms with E-state index in [9.17, 15) is 4.79 Å². The van der Waals surface area contributed by atoms with Crippen LogP contribution < -0.4 is 5.32 Å². The third-order valence-electron chi connectivity index (χ3n) is 2.95. The van der Waals surface area contributed by atoms with E-state index in [1.54, 1.807) is 0 Å². The lowest BCUT2D eigenvalue weighted by atomic mass is 9.95. The Morgan fingerprint density at radius 2 is 2.00 bits per heavy atom. The maximum Gasteiger partial charge on any atom is 0.223 e. The molecule has 2 nitrogen and oxygen atoms in total. The van der Waals surface area contributed by atoms with Crippen LogP contribution in [0.4, 0.5) is 0 Å². The highest BCUT2D eigenvalue weighted by Gasteiger charge is 2.35. The molecule has 3 heteroatoms. The molecule has 13 heavy (non-hydrogen) atoms. The highest BCUT2D eigenvalue weighted by Crippen LogP contribution is 2.30. The molecular formula is C10H18BrNO. The summed E-state index contributed by atoms with van der Waals surface area (Å²) in [6, 6.07) is 0. The fraction of sp³-hybridized carbons (Fsp3) is 0.900. The van der Waals surface area contributed by atoms with Gasteiger partial charge in [-0.15, -0.1) is 0 Å². The fourth-order valence-electron chi connectivity index (χ4n) is 1.36. The van der Waals surface area contributed by atoms with Gasteiger partial charge >= 0.3 is 0 Å². The van der Waals surface area contributed by atoms with Gasteiger partial charge in [0.2, 0.25) is 5.91 Å². The molecule has 1 rings (SSSR count). The molecule has 0 aliphatic heterocycles. The van der Waals surface area contributed by atoms with Crippen LogP contribution in [0.2, 0.25) is 0 Å². The number of hydrogen-bond donors (Lipinski definition) is 1. The summed E-state index contributed by atoms with van der Waals surface area (Å²) in [4.78, 5) is 11.6. The Morgan fingerprint density at radius 3 is 2.31 bits per heavy atom. The molecule has 1 aliphatic carbocycles. The number of carbonyl (C=O) groups is 1. The van der Waals surface area contributed by atoms with E-state index in [-0.39, 0.29) is 11.4 Å². The minimum absolute atomic E-state index is 0.0142. The molecule has 0 heterocycles. The first-order valence-electron chi connectivity index (χ1n) is 5.05. The Balaban J connectivity index is 2.49. The van der Waals surface area contributed by atoms with Crippen LogP contribution in [0.3, 0.4) is 0 Å². The standard InChI is InChI=1S/C10H18BrNO/c1-3-10(4-2,7-11)12-9(13)8-5-6-8/h8H,3-7H2,1-2H3,(H,12,13). The summed E-state index contributed by atoms with van der Waals surface area (Å²) >= 11 is 3.48. The molecule has 0 aromatic rings. The van der Waals surface area contributed by atoms with Gasteiger partial charge in [-0.1, -0.05) is 29.8 Å². The van der Waals surface area contributed by atoms with Crippen LogP contribution in [0.1, 0.15) is 39.5 Å². The molecule has 1 N–H and O–H groups in total. The second kappa shape index (κ2) is 4.45. The molecule has 0 bridgehead atoms. The topological polar surface area (TPSA) is 29.1 Å². The molecule has 1 aliphatic rings. The monoisotopic (exact) mass is 247 g/mol. The van der Waals surface area contributed by atoms with Crippen molar-refractivity contribution in [2.24, 2.45) is 5.92 Å². The van der Waals surface area contributed by atoms with Crippen LogP contribution in [0.5, 0.6) is 0 Å². The fourth-order valence-corrected chi connectivity index (χ4v) is 2.29. The first-order chi connectivity index (χ1) is 6.17. The van der Waals surface area contributed by atoms with Gasteiger partial charge in [-0.05, 0) is 25.7 Å². The second-order valence-corrected chi connectivity index (χ2v) is 4.45. The molecule has 1 amide bonds. The lowest BCUT2D eigenvalue weighted by molar-refractivity contribution is -0.124. The molecule has 0 radical (unpaired) electrons. The Bertz CT molecular complexity index is 177. The lowest BCUT2D eigenvalue weighted by Crippen LogP contribution is -2.49. The average Bonchev–Trinajstić information content (AvgIpc) is 2.97. The molecule has 0 unspecified atom stereocenters. The molecule has 0 atom stereocenters. The summed E-state index contributed by atoms with van der Waals surface area (Å²) in [7, 11) is 0. The zero-order valence-corrected chi connectivity index (χ0v) is 9.99. The summed E-state index contributed by atoms with van der Waals surface area (Å²) in [6.45, 7) is 4.25. The van der Waals surface area contributed by atoms with E-state index in [2.05, 4.69) is 35.1 Å². The molecule has 0 saturated heterocycles. The summed E-state index contributed by atoms with van der Waals surface area (Å²) in [5.74, 6) is 0.569. The van der Waals surface area contributed by atoms with E-state index in [4.69, 9.17) is 0 Å². The van der Waals surface area contributed by atoms with E-state index in [0.29, 0.717) is 5.92 Å². The number of hydrogen-bond acceptors (Lipinski definition) is 1. The quantitative estimate of drug-likeness (QED) is 0.744. The van der Waals surface area contributed by atoms with Crippen LogP contribution >= 0.6 is 15.9 Å². The smallest absolute Gasteiger partial charge is 0.223 e. The third-order valence-corrected chi connectivity index (χ3v) is 4.02. The van der Waals surface area contributed by atoms with Crippen LogP contribution in [-0.2, 0) is 4.79 Å². The Labute approximate surface area is 88.6 Å². The van der Waals surface area contributed by atoms with Crippen molar-refractivity contribution in [1.29, 1.82) is 0 Å². The third kappa shape index (κ3) is 2.70. The second-order valence-electron chi connectivity index (χ2n) is 3.88. The lowest BCUT2D eigenvalue weighted by Gasteiger charge is -2.30. The number of rotatable bonds is 5. The van der Waals surface area contributed by atoms with E-state index < -0.39 is 0 Å². The molecule has 1 fully saturated rings. The summed E-state index contributed by atoms with van der Waals surface area (Å²) in [5, 5.41) is 4.01. The van der Waals surface area contributed by atoms with Gasteiger partial charge in [0.05, 0.1) is 0 Å². The van der Waals surface area contributed by atoms with Crippen LogP contribution in [-0.4, -0.2) is 16.8 Å². The van der Waals surface area contributed by atoms with Crippen molar-refractivity contribution in [3.8, 4) is 0 Å². The molecule has 0 aromatic heterocycles. The van der Waals surface area contributed by atoms with Crippen molar-refractivity contribution in [2.75, 3.05) is 5.33 Å². The highest BCUT2D eigenvalue weighted by molar-refractivity contribution is 9.09. The van der Waals surface area contributed by atoms with Crippen LogP contribution in [0, 0.1) is 5.92 Å². The minimum atomic E-state index is -0.0142. The minimum Gasteiger partial charge on any atom is -0.350 e. The van der Waals surface area contributed by atoms with Gasteiger partial charge in [0.1, 0.15) is 0 Å². The molecule has 0 spiro atoms. The Kier molecular flexibility index (Phi) is 3.77. The highest BCUT2D eigenvalue weighted by atomic mass is 79.9. The Hall–Kier alpha value is -0.0500. The molecule has 0 aromatic carbocycles. The largest absolute Gasteiger partial charge is 0.350 e. The van der Waals surface area contributed by atoms with Gasteiger partial charge in [0, 0.05) is 16.8 Å². The van der Waals surface area contributed by atoms with E-state index in [1.807, 2.05) is 0 Å². The van der Waals surface area contributed by atoms with Crippen molar-refractivity contribution in [3.63, 3.8) is 0 Å².